The fourth-order valence-electron chi connectivity index (χ4n) is 1.10. The van der Waals surface area contributed by atoms with Crippen molar-refractivity contribution in [3.63, 3.8) is 0 Å². The van der Waals surface area contributed by atoms with E-state index in [1.807, 2.05) is 0 Å². The highest BCUT2D eigenvalue weighted by atomic mass is 16.4. The largest absolute Gasteiger partial charge is 0.545 e. The molecule has 0 aliphatic rings. The van der Waals surface area contributed by atoms with E-state index in [0.29, 0.717) is 11.5 Å². The Morgan fingerprint density at radius 1 is 1.62 bits per heavy atom. The van der Waals surface area contributed by atoms with Crippen LogP contribution in [0.25, 0.3) is 5.78 Å². The minimum Gasteiger partial charge on any atom is -0.545 e. The zero-order chi connectivity index (χ0) is 9.42. The van der Waals surface area contributed by atoms with Crippen molar-refractivity contribution >= 4 is 11.7 Å². The normalized spacial score (nSPS) is 10.5. The van der Waals surface area contributed by atoms with E-state index in [-0.39, 0.29) is 5.56 Å². The Labute approximate surface area is 72.9 Å². The zero-order valence-electron chi connectivity index (χ0n) is 6.76. The van der Waals surface area contributed by atoms with Gasteiger partial charge >= 0.3 is 0 Å². The number of fused-ring (bicyclic) bond motifs is 1. The Kier molecular flexibility index (Phi) is 1.48. The van der Waals surface area contributed by atoms with Crippen molar-refractivity contribution < 1.29 is 9.90 Å². The molecule has 2 aromatic heterocycles. The smallest absolute Gasteiger partial charge is 0.254 e. The second-order valence-electron chi connectivity index (χ2n) is 2.55. The molecule has 0 radical (unpaired) electrons. The predicted octanol–water partition coefficient (Wildman–Crippen LogP) is -1.20. The molecular formula is C7H5N4O2-. The molecule has 13 heavy (non-hydrogen) atoms. The summed E-state index contributed by atoms with van der Waals surface area (Å²) >= 11 is 0. The van der Waals surface area contributed by atoms with Crippen LogP contribution < -0.4 is 5.11 Å². The first-order valence-electron chi connectivity index (χ1n) is 3.57. The molecule has 0 fully saturated rings. The molecule has 0 saturated carbocycles. The van der Waals surface area contributed by atoms with Crippen LogP contribution in [0.2, 0.25) is 0 Å². The van der Waals surface area contributed by atoms with Crippen LogP contribution in [0.4, 0.5) is 0 Å². The number of rotatable bonds is 1. The number of aryl methyl sites for hydroxylation is 1. The number of nitrogens with zero attached hydrogens (tertiary/aromatic N) is 4. The quantitative estimate of drug-likeness (QED) is 0.546. The number of aromatic carboxylic acids is 1. The Morgan fingerprint density at radius 3 is 3.08 bits per heavy atom. The molecule has 6 heteroatoms. The Bertz CT molecular complexity index is 476. The van der Waals surface area contributed by atoms with Crippen molar-refractivity contribution in [1.82, 2.24) is 19.6 Å². The number of hydrogen-bond acceptors (Lipinski definition) is 5. The number of carbonyl (C=O) groups excluding carboxylic acids is 1. The second kappa shape index (κ2) is 2.51. The van der Waals surface area contributed by atoms with Crippen LogP contribution >= 0.6 is 0 Å². The van der Waals surface area contributed by atoms with E-state index in [4.69, 9.17) is 0 Å². The molecule has 66 valence electrons. The van der Waals surface area contributed by atoms with E-state index >= 15 is 0 Å². The number of carbonyl (C=O) groups is 1. The van der Waals surface area contributed by atoms with Crippen LogP contribution in [0.1, 0.15) is 16.1 Å². The van der Waals surface area contributed by atoms with Crippen LogP contribution in [0, 0.1) is 6.92 Å². The van der Waals surface area contributed by atoms with Crippen molar-refractivity contribution in [2.45, 2.75) is 6.92 Å². The molecule has 0 bridgehead atoms. The van der Waals surface area contributed by atoms with Gasteiger partial charge in [0, 0.05) is 17.5 Å². The SMILES string of the molecule is Cc1c(C(=O)[O-])cnc2nncn12. The molecule has 2 aromatic rings. The summed E-state index contributed by atoms with van der Waals surface area (Å²) in [6.07, 6.45) is 2.62. The van der Waals surface area contributed by atoms with Gasteiger partial charge in [-0.1, -0.05) is 0 Å². The number of carboxylic acids is 1. The summed E-state index contributed by atoms with van der Waals surface area (Å²) in [6.45, 7) is 1.64. The highest BCUT2D eigenvalue weighted by molar-refractivity contribution is 5.86. The van der Waals surface area contributed by atoms with E-state index in [1.54, 1.807) is 6.92 Å². The lowest BCUT2D eigenvalue weighted by atomic mass is 10.2. The summed E-state index contributed by atoms with van der Waals surface area (Å²) in [4.78, 5) is 14.4. The van der Waals surface area contributed by atoms with Gasteiger partial charge in [-0.2, -0.15) is 0 Å². The molecular weight excluding hydrogens is 172 g/mol. The van der Waals surface area contributed by atoms with Crippen LogP contribution in [0.15, 0.2) is 12.5 Å². The van der Waals surface area contributed by atoms with Gasteiger partial charge < -0.3 is 9.90 Å². The van der Waals surface area contributed by atoms with Crippen molar-refractivity contribution in [3.05, 3.63) is 23.8 Å². The van der Waals surface area contributed by atoms with Crippen LogP contribution in [-0.4, -0.2) is 25.6 Å². The molecule has 6 nitrogen and oxygen atoms in total. The van der Waals surface area contributed by atoms with Gasteiger partial charge in [0.05, 0.1) is 5.97 Å². The van der Waals surface area contributed by atoms with Gasteiger partial charge in [-0.3, -0.25) is 4.40 Å². The van der Waals surface area contributed by atoms with E-state index in [1.165, 1.54) is 16.9 Å². The standard InChI is InChI=1S/C7H6N4O2/c1-4-5(6(12)13)2-8-7-10-9-3-11(4)7/h2-3H,1H3,(H,12,13)/p-1. The molecule has 0 amide bonds. The minimum atomic E-state index is -1.25. The molecule has 2 heterocycles. The molecule has 0 unspecified atom stereocenters. The van der Waals surface area contributed by atoms with E-state index in [9.17, 15) is 9.90 Å². The maximum atomic E-state index is 10.6. The zero-order valence-corrected chi connectivity index (χ0v) is 6.76. The van der Waals surface area contributed by atoms with Gasteiger partial charge in [-0.15, -0.1) is 10.2 Å². The highest BCUT2D eigenvalue weighted by Gasteiger charge is 2.05. The van der Waals surface area contributed by atoms with Crippen LogP contribution in [0.3, 0.4) is 0 Å². The summed E-state index contributed by atoms with van der Waals surface area (Å²) in [5, 5.41) is 17.9. The number of aromatic nitrogens is 4. The molecule has 0 aliphatic heterocycles. The van der Waals surface area contributed by atoms with E-state index in [0.717, 1.165) is 0 Å². The van der Waals surface area contributed by atoms with Gasteiger partial charge in [0.15, 0.2) is 0 Å². The third-order valence-electron chi connectivity index (χ3n) is 1.81. The fraction of sp³-hybridized carbons (Fsp3) is 0.143. The van der Waals surface area contributed by atoms with Crippen molar-refractivity contribution in [3.8, 4) is 0 Å². The van der Waals surface area contributed by atoms with E-state index < -0.39 is 5.97 Å². The summed E-state index contributed by atoms with van der Waals surface area (Å²) in [6, 6.07) is 0. The predicted molar refractivity (Wildman–Crippen MR) is 39.8 cm³/mol. The molecule has 0 N–H and O–H groups in total. The van der Waals surface area contributed by atoms with Gasteiger partial charge in [-0.25, -0.2) is 4.98 Å². The Morgan fingerprint density at radius 2 is 2.38 bits per heavy atom. The topological polar surface area (TPSA) is 83.2 Å². The maximum absolute atomic E-state index is 10.6. The minimum absolute atomic E-state index is 0.0484. The first-order chi connectivity index (χ1) is 6.20. The summed E-state index contributed by atoms with van der Waals surface area (Å²) in [5.74, 6) is -0.872. The molecule has 0 atom stereocenters. The lowest BCUT2D eigenvalue weighted by molar-refractivity contribution is -0.255. The van der Waals surface area contributed by atoms with Crippen molar-refractivity contribution in [2.75, 3.05) is 0 Å². The second-order valence-corrected chi connectivity index (χ2v) is 2.55. The Balaban J connectivity index is 2.80. The van der Waals surface area contributed by atoms with Crippen LogP contribution in [-0.2, 0) is 0 Å². The van der Waals surface area contributed by atoms with Gasteiger partial charge in [0.1, 0.15) is 6.33 Å². The third-order valence-corrected chi connectivity index (χ3v) is 1.81. The molecule has 0 aliphatic carbocycles. The van der Waals surface area contributed by atoms with E-state index in [2.05, 4.69) is 15.2 Å². The van der Waals surface area contributed by atoms with Gasteiger partial charge in [-0.05, 0) is 6.92 Å². The number of hydrogen-bond donors (Lipinski definition) is 0. The molecule has 0 aromatic carbocycles. The highest BCUT2D eigenvalue weighted by Crippen LogP contribution is 2.06. The first-order valence-corrected chi connectivity index (χ1v) is 3.57. The summed E-state index contributed by atoms with van der Waals surface area (Å²) < 4.78 is 1.49. The van der Waals surface area contributed by atoms with Crippen molar-refractivity contribution in [1.29, 1.82) is 0 Å². The molecule has 0 saturated heterocycles. The lowest BCUT2D eigenvalue weighted by Gasteiger charge is -2.06. The third kappa shape index (κ3) is 1.03. The average Bonchev–Trinajstić information content (AvgIpc) is 2.52. The van der Waals surface area contributed by atoms with Gasteiger partial charge in [0.25, 0.3) is 5.78 Å². The lowest BCUT2D eigenvalue weighted by Crippen LogP contribution is -2.24. The van der Waals surface area contributed by atoms with Crippen LogP contribution in [0.5, 0.6) is 0 Å². The average molecular weight is 177 g/mol. The summed E-state index contributed by atoms with van der Waals surface area (Å²) in [5.41, 5.74) is 0.558. The first kappa shape index (κ1) is 7.66. The maximum Gasteiger partial charge on any atom is 0.254 e. The fourth-order valence-corrected chi connectivity index (χ4v) is 1.10. The Hall–Kier alpha value is -1.98. The van der Waals surface area contributed by atoms with Crippen molar-refractivity contribution in [2.24, 2.45) is 0 Å². The molecule has 2 rings (SSSR count). The summed E-state index contributed by atoms with van der Waals surface area (Å²) in [7, 11) is 0. The number of carboxylic acid groups (broad SMARTS) is 1. The monoisotopic (exact) mass is 177 g/mol. The molecule has 0 spiro atoms. The van der Waals surface area contributed by atoms with Gasteiger partial charge in [0.2, 0.25) is 0 Å².